The highest BCUT2D eigenvalue weighted by atomic mass is 127. The first-order valence-electron chi connectivity index (χ1n) is 6.21. The minimum absolute atomic E-state index is 0.254. The lowest BCUT2D eigenvalue weighted by atomic mass is 10.2. The van der Waals surface area contributed by atoms with Crippen molar-refractivity contribution in [1.29, 1.82) is 0 Å². The standard InChI is InChI=1S/C15H11FIN3O/c1-21-14-8-4-6-11(16)15(14)20-9-13(18-19-20)10-5-2-3-7-12(10)17/h2-9H,1H3. The van der Waals surface area contributed by atoms with Gasteiger partial charge in [0.05, 0.1) is 13.3 Å². The third kappa shape index (κ3) is 2.63. The highest BCUT2D eigenvalue weighted by Gasteiger charge is 2.14. The first kappa shape index (κ1) is 14.0. The molecule has 0 aliphatic carbocycles. The molecule has 0 unspecified atom stereocenters. The van der Waals surface area contributed by atoms with Crippen molar-refractivity contribution in [3.63, 3.8) is 0 Å². The molecule has 0 saturated heterocycles. The zero-order valence-electron chi connectivity index (χ0n) is 11.1. The smallest absolute Gasteiger partial charge is 0.152 e. The quantitative estimate of drug-likeness (QED) is 0.636. The fraction of sp³-hybridized carbons (Fsp3) is 0.0667. The molecule has 1 aromatic heterocycles. The average molecular weight is 395 g/mol. The molecule has 0 N–H and O–H groups in total. The van der Waals surface area contributed by atoms with Crippen molar-refractivity contribution in [3.8, 4) is 22.7 Å². The second-order valence-corrected chi connectivity index (χ2v) is 5.48. The van der Waals surface area contributed by atoms with Crippen molar-refractivity contribution in [2.75, 3.05) is 7.11 Å². The molecule has 0 aliphatic rings. The average Bonchev–Trinajstić information content (AvgIpc) is 2.96. The summed E-state index contributed by atoms with van der Waals surface area (Å²) in [7, 11) is 1.50. The van der Waals surface area contributed by atoms with Crippen molar-refractivity contribution in [1.82, 2.24) is 15.0 Å². The van der Waals surface area contributed by atoms with Crippen LogP contribution >= 0.6 is 22.6 Å². The first-order chi connectivity index (χ1) is 10.2. The van der Waals surface area contributed by atoms with E-state index >= 15 is 0 Å². The van der Waals surface area contributed by atoms with Crippen LogP contribution in [0.4, 0.5) is 4.39 Å². The molecule has 3 rings (SSSR count). The molecule has 0 saturated carbocycles. The van der Waals surface area contributed by atoms with Gasteiger partial charge in [0.15, 0.2) is 5.82 Å². The molecule has 2 aromatic carbocycles. The second-order valence-electron chi connectivity index (χ2n) is 4.32. The number of hydrogen-bond donors (Lipinski definition) is 0. The van der Waals surface area contributed by atoms with E-state index in [9.17, 15) is 4.39 Å². The number of rotatable bonds is 3. The molecule has 0 amide bonds. The Bertz CT molecular complexity index is 788. The van der Waals surface area contributed by atoms with Crippen LogP contribution in [0.1, 0.15) is 0 Å². The van der Waals surface area contributed by atoms with Crippen LogP contribution < -0.4 is 4.74 Å². The van der Waals surface area contributed by atoms with E-state index < -0.39 is 5.82 Å². The zero-order chi connectivity index (χ0) is 14.8. The lowest BCUT2D eigenvalue weighted by molar-refractivity contribution is 0.407. The van der Waals surface area contributed by atoms with E-state index in [1.165, 1.54) is 17.9 Å². The van der Waals surface area contributed by atoms with Gasteiger partial charge in [-0.15, -0.1) is 5.10 Å². The summed E-state index contributed by atoms with van der Waals surface area (Å²) < 4.78 is 21.7. The van der Waals surface area contributed by atoms with Crippen molar-refractivity contribution in [2.24, 2.45) is 0 Å². The number of methoxy groups -OCH3 is 1. The number of benzene rings is 2. The summed E-state index contributed by atoms with van der Waals surface area (Å²) in [5.74, 6) is 0.00256. The van der Waals surface area contributed by atoms with Gasteiger partial charge in [-0.05, 0) is 40.8 Å². The molecule has 0 aliphatic heterocycles. The van der Waals surface area contributed by atoms with E-state index in [2.05, 4.69) is 32.9 Å². The molecule has 4 nitrogen and oxygen atoms in total. The maximum Gasteiger partial charge on any atom is 0.152 e. The lowest BCUT2D eigenvalue weighted by Crippen LogP contribution is -2.01. The Balaban J connectivity index is 2.10. The van der Waals surface area contributed by atoms with Crippen LogP contribution in [0.5, 0.6) is 5.75 Å². The Morgan fingerprint density at radius 3 is 2.71 bits per heavy atom. The molecule has 0 bridgehead atoms. The van der Waals surface area contributed by atoms with Crippen LogP contribution in [0.2, 0.25) is 0 Å². The topological polar surface area (TPSA) is 39.9 Å². The Morgan fingerprint density at radius 1 is 1.14 bits per heavy atom. The van der Waals surface area contributed by atoms with E-state index in [1.54, 1.807) is 18.3 Å². The largest absolute Gasteiger partial charge is 0.494 e. The molecule has 0 spiro atoms. The molecule has 1 heterocycles. The summed E-state index contributed by atoms with van der Waals surface area (Å²) in [6.45, 7) is 0. The van der Waals surface area contributed by atoms with Crippen molar-refractivity contribution in [3.05, 3.63) is 58.0 Å². The predicted molar refractivity (Wildman–Crippen MR) is 86.0 cm³/mol. The molecule has 106 valence electrons. The monoisotopic (exact) mass is 395 g/mol. The Morgan fingerprint density at radius 2 is 1.95 bits per heavy atom. The minimum Gasteiger partial charge on any atom is -0.494 e. The minimum atomic E-state index is -0.409. The molecule has 21 heavy (non-hydrogen) atoms. The van der Waals surface area contributed by atoms with E-state index in [4.69, 9.17) is 4.74 Å². The van der Waals surface area contributed by atoms with Crippen LogP contribution in [0.3, 0.4) is 0 Å². The molecule has 0 fully saturated rings. The third-order valence-corrected chi connectivity index (χ3v) is 3.98. The summed E-state index contributed by atoms with van der Waals surface area (Å²) in [5, 5.41) is 8.14. The van der Waals surface area contributed by atoms with Gasteiger partial charge >= 0.3 is 0 Å². The van der Waals surface area contributed by atoms with Crippen LogP contribution in [0.25, 0.3) is 16.9 Å². The van der Waals surface area contributed by atoms with Gasteiger partial charge < -0.3 is 4.74 Å². The Kier molecular flexibility index (Phi) is 3.87. The zero-order valence-corrected chi connectivity index (χ0v) is 13.3. The highest BCUT2D eigenvalue weighted by molar-refractivity contribution is 14.1. The fourth-order valence-electron chi connectivity index (χ4n) is 2.05. The van der Waals surface area contributed by atoms with Gasteiger partial charge in [-0.2, -0.15) is 0 Å². The maximum absolute atomic E-state index is 14.0. The summed E-state index contributed by atoms with van der Waals surface area (Å²) in [5.41, 5.74) is 1.90. The SMILES string of the molecule is COc1cccc(F)c1-n1cc(-c2ccccc2I)nn1. The fourth-order valence-corrected chi connectivity index (χ4v) is 2.71. The van der Waals surface area contributed by atoms with Gasteiger partial charge in [-0.1, -0.05) is 29.5 Å². The maximum atomic E-state index is 14.0. The van der Waals surface area contributed by atoms with Crippen LogP contribution in [0.15, 0.2) is 48.7 Å². The first-order valence-corrected chi connectivity index (χ1v) is 7.28. The number of halogens is 2. The molecule has 6 heteroatoms. The number of nitrogens with zero attached hydrogens (tertiary/aromatic N) is 3. The predicted octanol–water partition coefficient (Wildman–Crippen LogP) is 3.69. The summed E-state index contributed by atoms with van der Waals surface area (Å²) in [6, 6.07) is 12.5. The molecule has 3 aromatic rings. The summed E-state index contributed by atoms with van der Waals surface area (Å²) in [6.07, 6.45) is 1.69. The summed E-state index contributed by atoms with van der Waals surface area (Å²) in [4.78, 5) is 0. The molecule has 0 radical (unpaired) electrons. The van der Waals surface area contributed by atoms with Gasteiger partial charge in [0.2, 0.25) is 0 Å². The van der Waals surface area contributed by atoms with Crippen molar-refractivity contribution >= 4 is 22.6 Å². The van der Waals surface area contributed by atoms with Crippen LogP contribution in [0, 0.1) is 9.39 Å². The highest BCUT2D eigenvalue weighted by Crippen LogP contribution is 2.27. The van der Waals surface area contributed by atoms with Crippen molar-refractivity contribution < 1.29 is 9.13 Å². The Labute approximate surface area is 134 Å². The normalized spacial score (nSPS) is 10.6. The van der Waals surface area contributed by atoms with Gasteiger partial charge in [0, 0.05) is 9.13 Å². The van der Waals surface area contributed by atoms with E-state index in [1.807, 2.05) is 24.3 Å². The van der Waals surface area contributed by atoms with Gasteiger partial charge in [0.25, 0.3) is 0 Å². The molecule has 0 atom stereocenters. The number of hydrogen-bond acceptors (Lipinski definition) is 3. The molecular formula is C15H11FIN3O. The molecular weight excluding hydrogens is 384 g/mol. The van der Waals surface area contributed by atoms with Crippen LogP contribution in [-0.4, -0.2) is 22.1 Å². The summed E-state index contributed by atoms with van der Waals surface area (Å²) >= 11 is 2.23. The van der Waals surface area contributed by atoms with Crippen molar-refractivity contribution in [2.45, 2.75) is 0 Å². The number of para-hydroxylation sites is 1. The van der Waals surface area contributed by atoms with Gasteiger partial charge in [0.1, 0.15) is 17.1 Å². The third-order valence-electron chi connectivity index (χ3n) is 3.04. The second kappa shape index (κ2) is 5.80. The number of aromatic nitrogens is 3. The van der Waals surface area contributed by atoms with E-state index in [-0.39, 0.29) is 5.69 Å². The van der Waals surface area contributed by atoms with Gasteiger partial charge in [-0.3, -0.25) is 0 Å². The van der Waals surface area contributed by atoms with Gasteiger partial charge in [-0.25, -0.2) is 9.07 Å². The van der Waals surface area contributed by atoms with E-state index in [0.29, 0.717) is 11.4 Å². The van der Waals surface area contributed by atoms with Crippen LogP contribution in [-0.2, 0) is 0 Å². The lowest BCUT2D eigenvalue weighted by Gasteiger charge is -2.08. The van der Waals surface area contributed by atoms with E-state index in [0.717, 1.165) is 9.13 Å². The Hall–Kier alpha value is -1.96. The number of ether oxygens (including phenoxy) is 1.